The molecule has 0 N–H and O–H groups in total. The molecule has 0 saturated carbocycles. The first-order valence-electron chi connectivity index (χ1n) is 6.16. The summed E-state index contributed by atoms with van der Waals surface area (Å²) in [6.45, 7) is 2.24. The number of nitrogens with zero attached hydrogens (tertiary/aromatic N) is 1. The Morgan fingerprint density at radius 3 is 2.20 bits per heavy atom. The number of anilines is 1. The van der Waals surface area contributed by atoms with E-state index in [9.17, 15) is 8.42 Å². The smallest absolute Gasteiger partial charge is 0.232 e. The number of para-hydroxylation sites is 1. The molecule has 2 aromatic rings. The summed E-state index contributed by atoms with van der Waals surface area (Å²) in [5.41, 5.74) is 2.61. The summed E-state index contributed by atoms with van der Waals surface area (Å²) >= 11 is 3.38. The van der Waals surface area contributed by atoms with Crippen molar-refractivity contribution in [2.45, 2.75) is 13.5 Å². The standard InChI is InChI=1S/C15H16BrNO2S/c1-12-5-3-4-6-15(12)17(20(2,18)19)11-13-7-9-14(16)10-8-13/h3-10H,11H2,1-2H3. The lowest BCUT2D eigenvalue weighted by molar-refractivity contribution is 0.596. The zero-order chi connectivity index (χ0) is 14.8. The van der Waals surface area contributed by atoms with Gasteiger partial charge in [0.1, 0.15) is 0 Å². The van der Waals surface area contributed by atoms with Crippen molar-refractivity contribution in [3.8, 4) is 0 Å². The number of rotatable bonds is 4. The molecule has 0 bridgehead atoms. The van der Waals surface area contributed by atoms with Gasteiger partial charge in [0.2, 0.25) is 10.0 Å². The van der Waals surface area contributed by atoms with Crippen LogP contribution >= 0.6 is 15.9 Å². The van der Waals surface area contributed by atoms with Crippen LogP contribution in [0.25, 0.3) is 0 Å². The summed E-state index contributed by atoms with van der Waals surface area (Å²) in [7, 11) is -3.33. The minimum Gasteiger partial charge on any atom is -0.266 e. The molecule has 0 aromatic heterocycles. The summed E-state index contributed by atoms with van der Waals surface area (Å²) in [5, 5.41) is 0. The van der Waals surface area contributed by atoms with Crippen molar-refractivity contribution in [3.05, 3.63) is 64.1 Å². The monoisotopic (exact) mass is 353 g/mol. The Morgan fingerprint density at radius 2 is 1.65 bits per heavy atom. The Morgan fingerprint density at radius 1 is 1.05 bits per heavy atom. The first-order valence-corrected chi connectivity index (χ1v) is 8.80. The van der Waals surface area contributed by atoms with Crippen molar-refractivity contribution in [1.29, 1.82) is 0 Å². The number of hydrogen-bond donors (Lipinski definition) is 0. The first-order chi connectivity index (χ1) is 9.38. The van der Waals surface area contributed by atoms with Crippen LogP contribution in [0.1, 0.15) is 11.1 Å². The quantitative estimate of drug-likeness (QED) is 0.839. The van der Waals surface area contributed by atoms with Crippen LogP contribution in [0.4, 0.5) is 5.69 Å². The summed E-state index contributed by atoms with van der Waals surface area (Å²) in [4.78, 5) is 0. The molecule has 0 aliphatic carbocycles. The van der Waals surface area contributed by atoms with E-state index in [1.165, 1.54) is 10.6 Å². The molecule has 20 heavy (non-hydrogen) atoms. The normalized spacial score (nSPS) is 11.3. The average molecular weight is 354 g/mol. The van der Waals surface area contributed by atoms with Gasteiger partial charge in [-0.3, -0.25) is 4.31 Å². The van der Waals surface area contributed by atoms with Crippen molar-refractivity contribution in [1.82, 2.24) is 0 Å². The summed E-state index contributed by atoms with van der Waals surface area (Å²) < 4.78 is 26.6. The van der Waals surface area contributed by atoms with Crippen LogP contribution in [0, 0.1) is 6.92 Å². The Bertz CT molecular complexity index is 696. The van der Waals surface area contributed by atoms with Gasteiger partial charge in [0.25, 0.3) is 0 Å². The third-order valence-corrected chi connectivity index (χ3v) is 4.68. The highest BCUT2D eigenvalue weighted by atomic mass is 79.9. The van der Waals surface area contributed by atoms with Gasteiger partial charge in [-0.05, 0) is 36.2 Å². The van der Waals surface area contributed by atoms with Gasteiger partial charge in [-0.15, -0.1) is 0 Å². The molecule has 0 heterocycles. The molecule has 106 valence electrons. The minimum absolute atomic E-state index is 0.330. The van der Waals surface area contributed by atoms with E-state index in [0.717, 1.165) is 21.3 Å². The van der Waals surface area contributed by atoms with E-state index in [4.69, 9.17) is 0 Å². The van der Waals surface area contributed by atoms with Crippen LogP contribution in [0.15, 0.2) is 53.0 Å². The maximum Gasteiger partial charge on any atom is 0.232 e. The molecule has 0 atom stereocenters. The van der Waals surface area contributed by atoms with Crippen molar-refractivity contribution < 1.29 is 8.42 Å². The number of sulfonamides is 1. The van der Waals surface area contributed by atoms with Gasteiger partial charge in [0.15, 0.2) is 0 Å². The second-order valence-electron chi connectivity index (χ2n) is 4.68. The van der Waals surface area contributed by atoms with Crippen molar-refractivity contribution in [2.75, 3.05) is 10.6 Å². The highest BCUT2D eigenvalue weighted by Crippen LogP contribution is 2.24. The van der Waals surface area contributed by atoms with Gasteiger partial charge < -0.3 is 0 Å². The molecule has 0 fully saturated rings. The fourth-order valence-corrected chi connectivity index (χ4v) is 3.19. The Kier molecular flexibility index (Phi) is 4.50. The second kappa shape index (κ2) is 5.97. The highest BCUT2D eigenvalue weighted by Gasteiger charge is 2.19. The SMILES string of the molecule is Cc1ccccc1N(Cc1ccc(Br)cc1)S(C)(=O)=O. The van der Waals surface area contributed by atoms with Gasteiger partial charge >= 0.3 is 0 Å². The van der Waals surface area contributed by atoms with Gasteiger partial charge in [-0.2, -0.15) is 0 Å². The van der Waals surface area contributed by atoms with Crippen molar-refractivity contribution in [3.63, 3.8) is 0 Å². The molecule has 3 nitrogen and oxygen atoms in total. The van der Waals surface area contributed by atoms with Crippen molar-refractivity contribution in [2.24, 2.45) is 0 Å². The van der Waals surface area contributed by atoms with Gasteiger partial charge in [-0.25, -0.2) is 8.42 Å². The molecule has 0 amide bonds. The first kappa shape index (κ1) is 15.1. The maximum absolute atomic E-state index is 12.1. The van der Waals surface area contributed by atoms with Crippen LogP contribution in [0.3, 0.4) is 0 Å². The third-order valence-electron chi connectivity index (χ3n) is 3.02. The predicted octanol–water partition coefficient (Wildman–Crippen LogP) is 3.72. The van der Waals surface area contributed by atoms with E-state index >= 15 is 0 Å². The van der Waals surface area contributed by atoms with Gasteiger partial charge in [0.05, 0.1) is 18.5 Å². The van der Waals surface area contributed by atoms with E-state index in [1.807, 2.05) is 55.5 Å². The Hall–Kier alpha value is -1.33. The molecule has 0 radical (unpaired) electrons. The lowest BCUT2D eigenvalue weighted by Gasteiger charge is -2.24. The molecule has 0 unspecified atom stereocenters. The molecule has 0 aliphatic heterocycles. The van der Waals surface area contributed by atoms with E-state index in [-0.39, 0.29) is 0 Å². The van der Waals surface area contributed by atoms with Crippen molar-refractivity contribution >= 4 is 31.6 Å². The van der Waals surface area contributed by atoms with E-state index in [0.29, 0.717) is 6.54 Å². The van der Waals surface area contributed by atoms with Gasteiger partial charge in [-0.1, -0.05) is 46.3 Å². The maximum atomic E-state index is 12.1. The number of aryl methyl sites for hydroxylation is 1. The summed E-state index contributed by atoms with van der Waals surface area (Å²) in [5.74, 6) is 0. The zero-order valence-electron chi connectivity index (χ0n) is 11.4. The number of hydrogen-bond acceptors (Lipinski definition) is 2. The molecule has 5 heteroatoms. The zero-order valence-corrected chi connectivity index (χ0v) is 13.8. The predicted molar refractivity (Wildman–Crippen MR) is 86.3 cm³/mol. The van der Waals surface area contributed by atoms with Crippen LogP contribution in [0.5, 0.6) is 0 Å². The average Bonchev–Trinajstić information content (AvgIpc) is 2.38. The van der Waals surface area contributed by atoms with E-state index in [2.05, 4.69) is 15.9 Å². The van der Waals surface area contributed by atoms with E-state index in [1.54, 1.807) is 0 Å². The molecular formula is C15H16BrNO2S. The second-order valence-corrected chi connectivity index (χ2v) is 7.51. The highest BCUT2D eigenvalue weighted by molar-refractivity contribution is 9.10. The number of halogens is 1. The Labute approximate surface area is 128 Å². The summed E-state index contributed by atoms with van der Waals surface area (Å²) in [6, 6.07) is 15.1. The minimum atomic E-state index is -3.33. The largest absolute Gasteiger partial charge is 0.266 e. The molecular weight excluding hydrogens is 338 g/mol. The fourth-order valence-electron chi connectivity index (χ4n) is 1.98. The van der Waals surface area contributed by atoms with Crippen LogP contribution in [-0.2, 0) is 16.6 Å². The topological polar surface area (TPSA) is 37.4 Å². The van der Waals surface area contributed by atoms with E-state index < -0.39 is 10.0 Å². The van der Waals surface area contributed by atoms with Gasteiger partial charge in [0, 0.05) is 4.47 Å². The molecule has 0 spiro atoms. The fraction of sp³-hybridized carbons (Fsp3) is 0.200. The third kappa shape index (κ3) is 3.61. The molecule has 2 rings (SSSR count). The van der Waals surface area contributed by atoms with Crippen LogP contribution < -0.4 is 4.31 Å². The van der Waals surface area contributed by atoms with Crippen LogP contribution in [-0.4, -0.2) is 14.7 Å². The number of benzene rings is 2. The summed E-state index contributed by atoms with van der Waals surface area (Å²) in [6.07, 6.45) is 1.23. The molecule has 0 saturated heterocycles. The Balaban J connectivity index is 2.40. The lowest BCUT2D eigenvalue weighted by Crippen LogP contribution is -2.29. The molecule has 0 aliphatic rings. The molecule has 2 aromatic carbocycles. The van der Waals surface area contributed by atoms with Crippen LogP contribution in [0.2, 0.25) is 0 Å². The lowest BCUT2D eigenvalue weighted by atomic mass is 10.2.